The molecule has 1 N–H and O–H groups in total. The van der Waals surface area contributed by atoms with Gasteiger partial charge in [0.05, 0.1) is 10.6 Å². The molecule has 0 spiro atoms. The fourth-order valence-electron chi connectivity index (χ4n) is 2.21. The minimum atomic E-state index is -3.63. The average molecular weight is 388 g/mol. The SMILES string of the molecule is CSc1ccc(S(=O)(=O)Nc2ccccc2Sc2ccccc2)cc1. The number of hydrogen-bond acceptors (Lipinski definition) is 4. The van der Waals surface area contributed by atoms with Gasteiger partial charge in [-0.25, -0.2) is 8.42 Å². The Morgan fingerprint density at radius 2 is 1.40 bits per heavy atom. The van der Waals surface area contributed by atoms with E-state index in [1.165, 1.54) is 11.8 Å². The van der Waals surface area contributed by atoms with Crippen LogP contribution in [0.25, 0.3) is 0 Å². The molecule has 25 heavy (non-hydrogen) atoms. The summed E-state index contributed by atoms with van der Waals surface area (Å²) in [5, 5.41) is 0. The van der Waals surface area contributed by atoms with Crippen LogP contribution in [0, 0.1) is 0 Å². The third-order valence-electron chi connectivity index (χ3n) is 3.47. The van der Waals surface area contributed by atoms with E-state index in [0.717, 1.165) is 14.7 Å². The van der Waals surface area contributed by atoms with Crippen LogP contribution in [-0.2, 0) is 10.0 Å². The molecule has 3 aromatic carbocycles. The first-order valence-electron chi connectivity index (χ1n) is 7.57. The molecule has 0 saturated heterocycles. The van der Waals surface area contributed by atoms with Gasteiger partial charge in [-0.3, -0.25) is 4.72 Å². The minimum absolute atomic E-state index is 0.254. The summed E-state index contributed by atoms with van der Waals surface area (Å²) >= 11 is 3.10. The van der Waals surface area contributed by atoms with Crippen molar-refractivity contribution in [3.63, 3.8) is 0 Å². The molecular weight excluding hydrogens is 370 g/mol. The maximum absolute atomic E-state index is 12.7. The maximum Gasteiger partial charge on any atom is 0.261 e. The zero-order chi connectivity index (χ0) is 17.7. The number of sulfonamides is 1. The summed E-state index contributed by atoms with van der Waals surface area (Å²) in [6.07, 6.45) is 1.96. The van der Waals surface area contributed by atoms with E-state index in [0.29, 0.717) is 5.69 Å². The summed E-state index contributed by atoms with van der Waals surface area (Å²) in [6.45, 7) is 0. The molecular formula is C19H17NO2S3. The van der Waals surface area contributed by atoms with Gasteiger partial charge in [0, 0.05) is 14.7 Å². The smallest absolute Gasteiger partial charge is 0.261 e. The van der Waals surface area contributed by atoms with Gasteiger partial charge in [0.25, 0.3) is 10.0 Å². The molecule has 0 fully saturated rings. The lowest BCUT2D eigenvalue weighted by Crippen LogP contribution is -2.13. The van der Waals surface area contributed by atoms with E-state index in [2.05, 4.69) is 4.72 Å². The van der Waals surface area contributed by atoms with Crippen LogP contribution in [-0.4, -0.2) is 14.7 Å². The Bertz CT molecular complexity index is 940. The molecule has 0 radical (unpaired) electrons. The second kappa shape index (κ2) is 7.99. The van der Waals surface area contributed by atoms with Crippen LogP contribution in [0.15, 0.2) is 98.4 Å². The van der Waals surface area contributed by atoms with E-state index in [1.54, 1.807) is 30.0 Å². The molecule has 3 nitrogen and oxygen atoms in total. The highest BCUT2D eigenvalue weighted by Gasteiger charge is 2.16. The monoisotopic (exact) mass is 387 g/mol. The van der Waals surface area contributed by atoms with E-state index in [9.17, 15) is 8.42 Å². The Morgan fingerprint density at radius 3 is 2.08 bits per heavy atom. The lowest BCUT2D eigenvalue weighted by molar-refractivity contribution is 0.601. The van der Waals surface area contributed by atoms with Crippen LogP contribution in [0.1, 0.15) is 0 Å². The van der Waals surface area contributed by atoms with Crippen molar-refractivity contribution in [3.8, 4) is 0 Å². The van der Waals surface area contributed by atoms with Gasteiger partial charge in [-0.1, -0.05) is 42.1 Å². The van der Waals surface area contributed by atoms with Crippen molar-refractivity contribution in [3.05, 3.63) is 78.9 Å². The summed E-state index contributed by atoms with van der Waals surface area (Å²) in [5.74, 6) is 0. The first kappa shape index (κ1) is 17.9. The Hall–Kier alpha value is -1.89. The molecule has 128 valence electrons. The summed E-state index contributed by atoms with van der Waals surface area (Å²) in [4.78, 5) is 3.19. The normalized spacial score (nSPS) is 11.2. The quantitative estimate of drug-likeness (QED) is 0.578. The predicted octanol–water partition coefficient (Wildman–Crippen LogP) is 5.36. The molecule has 6 heteroatoms. The third-order valence-corrected chi connectivity index (χ3v) is 6.68. The van der Waals surface area contributed by atoms with Crippen LogP contribution >= 0.6 is 23.5 Å². The van der Waals surface area contributed by atoms with E-state index in [4.69, 9.17) is 0 Å². The summed E-state index contributed by atoms with van der Waals surface area (Å²) in [6, 6.07) is 24.2. The predicted molar refractivity (Wildman–Crippen MR) is 106 cm³/mol. The van der Waals surface area contributed by atoms with Crippen LogP contribution in [0.2, 0.25) is 0 Å². The lowest BCUT2D eigenvalue weighted by atomic mass is 10.3. The Balaban J connectivity index is 1.86. The van der Waals surface area contributed by atoms with Gasteiger partial charge in [0.15, 0.2) is 0 Å². The van der Waals surface area contributed by atoms with Crippen molar-refractivity contribution < 1.29 is 8.42 Å². The number of nitrogens with one attached hydrogen (secondary N) is 1. The molecule has 3 rings (SSSR count). The first-order valence-corrected chi connectivity index (χ1v) is 11.1. The minimum Gasteiger partial charge on any atom is -0.278 e. The Labute approximate surface area is 156 Å². The number of para-hydroxylation sites is 1. The van der Waals surface area contributed by atoms with Gasteiger partial charge < -0.3 is 0 Å². The average Bonchev–Trinajstić information content (AvgIpc) is 2.64. The second-order valence-electron chi connectivity index (χ2n) is 5.19. The molecule has 0 aromatic heterocycles. The summed E-state index contributed by atoms with van der Waals surface area (Å²) in [5.41, 5.74) is 0.574. The van der Waals surface area contributed by atoms with Gasteiger partial charge in [-0.2, -0.15) is 0 Å². The topological polar surface area (TPSA) is 46.2 Å². The zero-order valence-electron chi connectivity index (χ0n) is 13.5. The molecule has 0 aliphatic heterocycles. The van der Waals surface area contributed by atoms with Crippen molar-refractivity contribution in [1.82, 2.24) is 0 Å². The molecule has 0 amide bonds. The van der Waals surface area contributed by atoms with Crippen molar-refractivity contribution >= 4 is 39.2 Å². The molecule has 0 unspecified atom stereocenters. The van der Waals surface area contributed by atoms with Crippen LogP contribution in [0.3, 0.4) is 0 Å². The number of anilines is 1. The number of benzene rings is 3. The molecule has 0 aliphatic carbocycles. The van der Waals surface area contributed by atoms with Crippen molar-refractivity contribution in [2.24, 2.45) is 0 Å². The van der Waals surface area contributed by atoms with Crippen molar-refractivity contribution in [2.45, 2.75) is 19.6 Å². The van der Waals surface area contributed by atoms with Crippen LogP contribution in [0.4, 0.5) is 5.69 Å². The number of thioether (sulfide) groups is 1. The summed E-state index contributed by atoms with van der Waals surface area (Å²) in [7, 11) is -3.63. The van der Waals surface area contributed by atoms with Gasteiger partial charge in [0.1, 0.15) is 0 Å². The van der Waals surface area contributed by atoms with Crippen molar-refractivity contribution in [1.29, 1.82) is 0 Å². The second-order valence-corrected chi connectivity index (χ2v) is 8.87. The highest BCUT2D eigenvalue weighted by Crippen LogP contribution is 2.34. The fourth-order valence-corrected chi connectivity index (χ4v) is 4.69. The van der Waals surface area contributed by atoms with E-state index in [-0.39, 0.29) is 4.90 Å². The van der Waals surface area contributed by atoms with E-state index in [1.807, 2.05) is 66.9 Å². The van der Waals surface area contributed by atoms with Gasteiger partial charge in [0.2, 0.25) is 0 Å². The van der Waals surface area contributed by atoms with Gasteiger partial charge >= 0.3 is 0 Å². The number of hydrogen-bond donors (Lipinski definition) is 1. The van der Waals surface area contributed by atoms with Gasteiger partial charge in [-0.15, -0.1) is 11.8 Å². The fraction of sp³-hybridized carbons (Fsp3) is 0.0526. The summed E-state index contributed by atoms with van der Waals surface area (Å²) < 4.78 is 28.1. The van der Waals surface area contributed by atoms with Crippen LogP contribution in [0.5, 0.6) is 0 Å². The largest absolute Gasteiger partial charge is 0.278 e. The molecule has 0 bridgehead atoms. The third kappa shape index (κ3) is 4.60. The highest BCUT2D eigenvalue weighted by atomic mass is 32.2. The highest BCUT2D eigenvalue weighted by molar-refractivity contribution is 7.99. The lowest BCUT2D eigenvalue weighted by Gasteiger charge is -2.12. The molecule has 0 aliphatic rings. The Kier molecular flexibility index (Phi) is 5.73. The molecule has 0 heterocycles. The standard InChI is InChI=1S/C19H17NO2S3/c1-23-15-11-13-17(14-12-15)25(21,22)20-18-9-5-6-10-19(18)24-16-7-3-2-4-8-16/h2-14,20H,1H3. The Morgan fingerprint density at radius 1 is 0.760 bits per heavy atom. The van der Waals surface area contributed by atoms with E-state index < -0.39 is 10.0 Å². The molecule has 0 atom stereocenters. The maximum atomic E-state index is 12.7. The van der Waals surface area contributed by atoms with Crippen molar-refractivity contribution in [2.75, 3.05) is 11.0 Å². The number of rotatable bonds is 6. The first-order chi connectivity index (χ1) is 12.1. The van der Waals surface area contributed by atoms with E-state index >= 15 is 0 Å². The molecule has 0 saturated carbocycles. The van der Waals surface area contributed by atoms with Gasteiger partial charge in [-0.05, 0) is 54.8 Å². The molecule has 3 aromatic rings. The zero-order valence-corrected chi connectivity index (χ0v) is 16.0. The van der Waals surface area contributed by atoms with Crippen LogP contribution < -0.4 is 4.72 Å².